The van der Waals surface area contributed by atoms with Crippen LogP contribution in [0.5, 0.6) is 0 Å². The number of nitriles is 1. The van der Waals surface area contributed by atoms with Crippen LogP contribution >= 0.6 is 11.6 Å². The minimum Gasteiger partial charge on any atom is -0.368 e. The van der Waals surface area contributed by atoms with Gasteiger partial charge in [-0.15, -0.1) is 0 Å². The molecule has 0 aliphatic rings. The number of rotatable bonds is 2. The summed E-state index contributed by atoms with van der Waals surface area (Å²) in [5.74, 6) is 0.202. The van der Waals surface area contributed by atoms with E-state index in [1.54, 1.807) is 18.2 Å². The first kappa shape index (κ1) is 12.3. The van der Waals surface area contributed by atoms with Crippen molar-refractivity contribution in [1.29, 1.82) is 5.26 Å². The number of halogens is 1. The summed E-state index contributed by atoms with van der Waals surface area (Å²) in [5, 5.41) is 9.65. The molecule has 0 aliphatic carbocycles. The molecule has 0 fully saturated rings. The van der Waals surface area contributed by atoms with Crippen LogP contribution in [0, 0.1) is 11.3 Å². The van der Waals surface area contributed by atoms with E-state index in [-0.39, 0.29) is 5.95 Å². The Bertz CT molecular complexity index is 631. The molecule has 0 spiro atoms. The maximum absolute atomic E-state index is 9.10. The molecule has 0 unspecified atom stereocenters. The van der Waals surface area contributed by atoms with E-state index in [4.69, 9.17) is 22.6 Å². The monoisotopic (exact) mass is 258 g/mol. The molecule has 18 heavy (non-hydrogen) atoms. The van der Waals surface area contributed by atoms with Gasteiger partial charge in [0.25, 0.3) is 0 Å². The van der Waals surface area contributed by atoms with Crippen molar-refractivity contribution in [3.05, 3.63) is 40.5 Å². The highest BCUT2D eigenvalue weighted by Gasteiger charge is 2.09. The SMILES string of the molecule is CCc1cc(-c2cc(Cl)ccc2C#N)nc(N)n1. The first-order valence-corrected chi connectivity index (χ1v) is 5.85. The van der Waals surface area contributed by atoms with E-state index in [1.165, 1.54) is 0 Å². The van der Waals surface area contributed by atoms with Crippen LogP contribution < -0.4 is 5.73 Å². The molecule has 1 heterocycles. The molecule has 2 rings (SSSR count). The zero-order valence-corrected chi connectivity index (χ0v) is 10.6. The smallest absolute Gasteiger partial charge is 0.220 e. The minimum absolute atomic E-state index is 0.202. The Morgan fingerprint density at radius 2 is 2.11 bits per heavy atom. The van der Waals surface area contributed by atoms with Crippen molar-refractivity contribution in [3.63, 3.8) is 0 Å². The van der Waals surface area contributed by atoms with Crippen LogP contribution in [0.1, 0.15) is 18.2 Å². The third kappa shape index (κ3) is 2.41. The molecule has 0 radical (unpaired) electrons. The number of nitrogens with zero attached hydrogens (tertiary/aromatic N) is 3. The largest absolute Gasteiger partial charge is 0.368 e. The van der Waals surface area contributed by atoms with Crippen molar-refractivity contribution in [2.75, 3.05) is 5.73 Å². The molecule has 1 aromatic heterocycles. The van der Waals surface area contributed by atoms with E-state index >= 15 is 0 Å². The Morgan fingerprint density at radius 1 is 1.33 bits per heavy atom. The number of anilines is 1. The average molecular weight is 259 g/mol. The lowest BCUT2D eigenvalue weighted by Crippen LogP contribution is -2.01. The van der Waals surface area contributed by atoms with E-state index in [9.17, 15) is 0 Å². The maximum atomic E-state index is 9.10. The van der Waals surface area contributed by atoms with Gasteiger partial charge >= 0.3 is 0 Å². The minimum atomic E-state index is 0.202. The van der Waals surface area contributed by atoms with Crippen molar-refractivity contribution in [2.45, 2.75) is 13.3 Å². The second-order valence-electron chi connectivity index (χ2n) is 3.76. The van der Waals surface area contributed by atoms with E-state index in [0.29, 0.717) is 21.8 Å². The van der Waals surface area contributed by atoms with Crippen LogP contribution in [0.4, 0.5) is 5.95 Å². The molecular formula is C13H11ClN4. The van der Waals surface area contributed by atoms with Gasteiger partial charge in [-0.05, 0) is 30.7 Å². The molecule has 0 amide bonds. The number of hydrogen-bond acceptors (Lipinski definition) is 4. The number of nitrogen functional groups attached to an aromatic ring is 1. The van der Waals surface area contributed by atoms with Gasteiger partial charge in [-0.1, -0.05) is 18.5 Å². The Labute approximate surface area is 110 Å². The molecule has 90 valence electrons. The summed E-state index contributed by atoms with van der Waals surface area (Å²) < 4.78 is 0. The number of nitrogens with two attached hydrogens (primary N) is 1. The van der Waals surface area contributed by atoms with E-state index in [0.717, 1.165) is 12.1 Å². The molecule has 0 bridgehead atoms. The summed E-state index contributed by atoms with van der Waals surface area (Å²) in [6.45, 7) is 1.98. The van der Waals surface area contributed by atoms with Crippen LogP contribution in [0.15, 0.2) is 24.3 Å². The summed E-state index contributed by atoms with van der Waals surface area (Å²) >= 11 is 5.95. The molecule has 0 atom stereocenters. The number of benzene rings is 1. The predicted octanol–water partition coefficient (Wildman–Crippen LogP) is 2.81. The lowest BCUT2D eigenvalue weighted by atomic mass is 10.0. The van der Waals surface area contributed by atoms with Gasteiger partial charge in [0.15, 0.2) is 0 Å². The van der Waals surface area contributed by atoms with Crippen LogP contribution in [-0.4, -0.2) is 9.97 Å². The van der Waals surface area contributed by atoms with Gasteiger partial charge in [0.2, 0.25) is 5.95 Å². The molecule has 0 aliphatic heterocycles. The lowest BCUT2D eigenvalue weighted by molar-refractivity contribution is 1.01. The van der Waals surface area contributed by atoms with Gasteiger partial charge in [-0.2, -0.15) is 5.26 Å². The maximum Gasteiger partial charge on any atom is 0.220 e. The fourth-order valence-electron chi connectivity index (χ4n) is 1.66. The molecule has 2 N–H and O–H groups in total. The molecule has 1 aromatic carbocycles. The second-order valence-corrected chi connectivity index (χ2v) is 4.19. The highest BCUT2D eigenvalue weighted by atomic mass is 35.5. The fourth-order valence-corrected chi connectivity index (χ4v) is 1.83. The Hall–Kier alpha value is -2.12. The molecule has 0 saturated carbocycles. The van der Waals surface area contributed by atoms with Gasteiger partial charge in [-0.25, -0.2) is 9.97 Å². The average Bonchev–Trinajstić information content (AvgIpc) is 2.38. The highest BCUT2D eigenvalue weighted by Crippen LogP contribution is 2.26. The summed E-state index contributed by atoms with van der Waals surface area (Å²) in [6.07, 6.45) is 0.752. The van der Waals surface area contributed by atoms with E-state index in [1.807, 2.05) is 13.0 Å². The fraction of sp³-hybridized carbons (Fsp3) is 0.154. The first-order chi connectivity index (χ1) is 8.63. The van der Waals surface area contributed by atoms with E-state index < -0.39 is 0 Å². The van der Waals surface area contributed by atoms with Crippen molar-refractivity contribution >= 4 is 17.5 Å². The topological polar surface area (TPSA) is 75.6 Å². The third-order valence-corrected chi connectivity index (χ3v) is 2.77. The van der Waals surface area contributed by atoms with Gasteiger partial charge in [0.1, 0.15) is 0 Å². The molecule has 0 saturated heterocycles. The van der Waals surface area contributed by atoms with Crippen LogP contribution in [-0.2, 0) is 6.42 Å². The molecule has 5 heteroatoms. The summed E-state index contributed by atoms with van der Waals surface area (Å²) in [7, 11) is 0. The van der Waals surface area contributed by atoms with Crippen molar-refractivity contribution in [1.82, 2.24) is 9.97 Å². The summed E-state index contributed by atoms with van der Waals surface area (Å²) in [6, 6.07) is 8.99. The van der Waals surface area contributed by atoms with Gasteiger partial charge in [-0.3, -0.25) is 0 Å². The van der Waals surface area contributed by atoms with Crippen LogP contribution in [0.25, 0.3) is 11.3 Å². The van der Waals surface area contributed by atoms with Gasteiger partial charge in [0.05, 0.1) is 17.3 Å². The van der Waals surface area contributed by atoms with Crippen molar-refractivity contribution in [3.8, 4) is 17.3 Å². The standard InChI is InChI=1S/C13H11ClN4/c1-2-10-6-12(18-13(16)17-10)11-5-9(14)4-3-8(11)7-15/h3-6H,2H2,1H3,(H2,16,17,18). The lowest BCUT2D eigenvalue weighted by Gasteiger charge is -2.06. The van der Waals surface area contributed by atoms with Crippen molar-refractivity contribution in [2.24, 2.45) is 0 Å². The van der Waals surface area contributed by atoms with Gasteiger partial charge < -0.3 is 5.73 Å². The highest BCUT2D eigenvalue weighted by molar-refractivity contribution is 6.30. The van der Waals surface area contributed by atoms with Crippen LogP contribution in [0.2, 0.25) is 5.02 Å². The number of aryl methyl sites for hydroxylation is 1. The molecule has 2 aromatic rings. The zero-order chi connectivity index (χ0) is 13.1. The van der Waals surface area contributed by atoms with E-state index in [2.05, 4.69) is 16.0 Å². The third-order valence-electron chi connectivity index (χ3n) is 2.54. The Kier molecular flexibility index (Phi) is 3.45. The predicted molar refractivity (Wildman–Crippen MR) is 71.0 cm³/mol. The summed E-state index contributed by atoms with van der Waals surface area (Å²) in [5.41, 5.74) is 8.31. The second kappa shape index (κ2) is 5.03. The Morgan fingerprint density at radius 3 is 2.78 bits per heavy atom. The van der Waals surface area contributed by atoms with Crippen LogP contribution in [0.3, 0.4) is 0 Å². The van der Waals surface area contributed by atoms with Gasteiger partial charge in [0, 0.05) is 16.3 Å². The Balaban J connectivity index is 2.65. The molecular weight excluding hydrogens is 248 g/mol. The normalized spacial score (nSPS) is 10.1. The van der Waals surface area contributed by atoms with Crippen molar-refractivity contribution < 1.29 is 0 Å². The quantitative estimate of drug-likeness (QED) is 0.899. The number of hydrogen-bond donors (Lipinski definition) is 1. The zero-order valence-electron chi connectivity index (χ0n) is 9.81. The summed E-state index contributed by atoms with van der Waals surface area (Å²) in [4.78, 5) is 8.27. The first-order valence-electron chi connectivity index (χ1n) is 5.47. The number of aromatic nitrogens is 2. The molecule has 4 nitrogen and oxygen atoms in total.